The van der Waals surface area contributed by atoms with Gasteiger partial charge in [0.25, 0.3) is 0 Å². The number of nitrogens with zero attached hydrogens (tertiary/aromatic N) is 2. The Labute approximate surface area is 99.3 Å². The van der Waals surface area contributed by atoms with Gasteiger partial charge in [-0.1, -0.05) is 0 Å². The van der Waals surface area contributed by atoms with Crippen LogP contribution in [-0.4, -0.2) is 65.9 Å². The highest BCUT2D eigenvalue weighted by atomic mass is 16.5. The van der Waals surface area contributed by atoms with Crippen LogP contribution in [0.4, 0.5) is 4.79 Å². The van der Waals surface area contributed by atoms with E-state index < -0.39 is 12.0 Å². The van der Waals surface area contributed by atoms with E-state index in [0.29, 0.717) is 39.3 Å². The number of carboxylic acid groups (broad SMARTS) is 1. The lowest BCUT2D eigenvalue weighted by Crippen LogP contribution is -2.54. The number of nitrogens with one attached hydrogen (secondary N) is 1. The Hall–Kier alpha value is -1.34. The molecule has 2 N–H and O–H groups in total. The highest BCUT2D eigenvalue weighted by Gasteiger charge is 2.34. The number of urea groups is 1. The van der Waals surface area contributed by atoms with E-state index in [9.17, 15) is 9.59 Å². The van der Waals surface area contributed by atoms with Crippen LogP contribution in [0, 0.1) is 0 Å². The average molecular weight is 243 g/mol. The molecular weight excluding hydrogens is 226 g/mol. The average Bonchev–Trinajstić information content (AvgIpc) is 2.79. The summed E-state index contributed by atoms with van der Waals surface area (Å²) in [6.45, 7) is 2.95. The number of ether oxygens (including phenoxy) is 1. The van der Waals surface area contributed by atoms with Crippen molar-refractivity contribution in [3.63, 3.8) is 0 Å². The van der Waals surface area contributed by atoms with Gasteiger partial charge in [0.05, 0.1) is 13.2 Å². The fourth-order valence-electron chi connectivity index (χ4n) is 2.14. The molecule has 0 bridgehead atoms. The maximum atomic E-state index is 11.9. The van der Waals surface area contributed by atoms with Gasteiger partial charge in [-0.25, -0.2) is 14.6 Å². The SMILES string of the molecule is O=C(O)[C@H]1CCCN1C(=O)NN1CCOCC1. The van der Waals surface area contributed by atoms with Crippen LogP contribution in [0.2, 0.25) is 0 Å². The summed E-state index contributed by atoms with van der Waals surface area (Å²) in [5, 5.41) is 10.8. The lowest BCUT2D eigenvalue weighted by Gasteiger charge is -2.30. The zero-order chi connectivity index (χ0) is 12.3. The van der Waals surface area contributed by atoms with Crippen LogP contribution in [0.15, 0.2) is 0 Å². The van der Waals surface area contributed by atoms with Gasteiger partial charge in [-0.2, -0.15) is 0 Å². The molecule has 7 heteroatoms. The largest absolute Gasteiger partial charge is 0.480 e. The Kier molecular flexibility index (Phi) is 3.80. The zero-order valence-corrected chi connectivity index (χ0v) is 9.59. The van der Waals surface area contributed by atoms with Crippen LogP contribution in [-0.2, 0) is 9.53 Å². The number of hydrogen-bond acceptors (Lipinski definition) is 4. The van der Waals surface area contributed by atoms with Crippen LogP contribution in [0.1, 0.15) is 12.8 Å². The molecule has 0 spiro atoms. The van der Waals surface area contributed by atoms with Crippen LogP contribution in [0.3, 0.4) is 0 Å². The smallest absolute Gasteiger partial charge is 0.332 e. The first kappa shape index (κ1) is 12.1. The summed E-state index contributed by atoms with van der Waals surface area (Å²) < 4.78 is 5.17. The monoisotopic (exact) mass is 243 g/mol. The first-order valence-corrected chi connectivity index (χ1v) is 5.81. The van der Waals surface area contributed by atoms with Gasteiger partial charge in [-0.3, -0.25) is 5.43 Å². The summed E-state index contributed by atoms with van der Waals surface area (Å²) in [7, 11) is 0. The fraction of sp³-hybridized carbons (Fsp3) is 0.800. The van der Waals surface area contributed by atoms with Crippen molar-refractivity contribution in [3.05, 3.63) is 0 Å². The Morgan fingerprint density at radius 3 is 2.59 bits per heavy atom. The van der Waals surface area contributed by atoms with Crippen molar-refractivity contribution in [3.8, 4) is 0 Å². The van der Waals surface area contributed by atoms with Gasteiger partial charge in [0.1, 0.15) is 6.04 Å². The van der Waals surface area contributed by atoms with Crippen LogP contribution in [0.5, 0.6) is 0 Å². The molecule has 2 amide bonds. The van der Waals surface area contributed by atoms with Gasteiger partial charge in [0.15, 0.2) is 0 Å². The molecule has 2 aliphatic rings. The van der Waals surface area contributed by atoms with Gasteiger partial charge in [0.2, 0.25) is 0 Å². The number of likely N-dealkylation sites (tertiary alicyclic amines) is 1. The normalized spacial score (nSPS) is 25.9. The Morgan fingerprint density at radius 1 is 1.24 bits per heavy atom. The van der Waals surface area contributed by atoms with Crippen molar-refractivity contribution >= 4 is 12.0 Å². The van der Waals surface area contributed by atoms with E-state index in [1.165, 1.54) is 4.90 Å². The second-order valence-corrected chi connectivity index (χ2v) is 4.21. The molecule has 0 aromatic heterocycles. The maximum absolute atomic E-state index is 11.9. The van der Waals surface area contributed by atoms with Gasteiger partial charge in [-0.05, 0) is 12.8 Å². The van der Waals surface area contributed by atoms with Crippen LogP contribution >= 0.6 is 0 Å². The third-order valence-corrected chi connectivity index (χ3v) is 3.06. The molecule has 0 unspecified atom stereocenters. The second-order valence-electron chi connectivity index (χ2n) is 4.21. The Balaban J connectivity index is 1.88. The molecule has 17 heavy (non-hydrogen) atoms. The lowest BCUT2D eigenvalue weighted by molar-refractivity contribution is -0.141. The topological polar surface area (TPSA) is 82.1 Å². The highest BCUT2D eigenvalue weighted by Crippen LogP contribution is 2.17. The number of rotatable bonds is 2. The van der Waals surface area contributed by atoms with Crippen molar-refractivity contribution in [2.24, 2.45) is 0 Å². The molecule has 2 fully saturated rings. The molecule has 96 valence electrons. The first-order chi connectivity index (χ1) is 8.18. The minimum Gasteiger partial charge on any atom is -0.480 e. The summed E-state index contributed by atoms with van der Waals surface area (Å²) in [5.41, 5.74) is 2.72. The van der Waals surface area contributed by atoms with Crippen molar-refractivity contribution in [1.29, 1.82) is 0 Å². The van der Waals surface area contributed by atoms with E-state index in [1.54, 1.807) is 5.01 Å². The summed E-state index contributed by atoms with van der Waals surface area (Å²) in [5.74, 6) is -0.931. The molecule has 0 saturated carbocycles. The van der Waals surface area contributed by atoms with Gasteiger partial charge in [0, 0.05) is 19.6 Å². The molecule has 0 aromatic carbocycles. The first-order valence-electron chi connectivity index (χ1n) is 5.81. The number of amides is 2. The van der Waals surface area contributed by atoms with E-state index >= 15 is 0 Å². The van der Waals surface area contributed by atoms with Crippen LogP contribution < -0.4 is 5.43 Å². The van der Waals surface area contributed by atoms with Gasteiger partial charge in [-0.15, -0.1) is 0 Å². The number of aliphatic carboxylic acids is 1. The number of carbonyl (C=O) groups excluding carboxylic acids is 1. The minimum atomic E-state index is -0.931. The molecule has 1 atom stereocenters. The Morgan fingerprint density at radius 2 is 1.94 bits per heavy atom. The fourth-order valence-corrected chi connectivity index (χ4v) is 2.14. The standard InChI is InChI=1S/C10H17N3O4/c14-9(15)8-2-1-3-13(8)10(16)11-12-4-6-17-7-5-12/h8H,1-7H2,(H,11,16)(H,14,15)/t8-/m1/s1. The molecule has 7 nitrogen and oxygen atoms in total. The van der Waals surface area contributed by atoms with Crippen molar-refractivity contribution in [2.45, 2.75) is 18.9 Å². The third kappa shape index (κ3) is 2.86. The minimum absolute atomic E-state index is 0.322. The zero-order valence-electron chi connectivity index (χ0n) is 9.59. The van der Waals surface area contributed by atoms with Gasteiger partial charge >= 0.3 is 12.0 Å². The van der Waals surface area contributed by atoms with Crippen LogP contribution in [0.25, 0.3) is 0 Å². The Bertz CT molecular complexity index is 304. The second kappa shape index (κ2) is 5.33. The van der Waals surface area contributed by atoms with Crippen molar-refractivity contribution < 1.29 is 19.4 Å². The summed E-state index contributed by atoms with van der Waals surface area (Å²) in [6.07, 6.45) is 1.28. The van der Waals surface area contributed by atoms with Crippen molar-refractivity contribution in [1.82, 2.24) is 15.3 Å². The molecule has 0 aromatic rings. The molecule has 0 radical (unpaired) electrons. The lowest BCUT2D eigenvalue weighted by atomic mass is 10.2. The molecule has 0 aliphatic carbocycles. The number of hydrogen-bond donors (Lipinski definition) is 2. The number of morpholine rings is 1. The predicted molar refractivity (Wildman–Crippen MR) is 58.3 cm³/mol. The molecule has 2 aliphatic heterocycles. The van der Waals surface area contributed by atoms with E-state index in [0.717, 1.165) is 6.42 Å². The van der Waals surface area contributed by atoms with Gasteiger partial charge < -0.3 is 14.7 Å². The summed E-state index contributed by atoms with van der Waals surface area (Å²) in [4.78, 5) is 24.2. The van der Waals surface area contributed by atoms with E-state index in [-0.39, 0.29) is 6.03 Å². The molecule has 2 saturated heterocycles. The highest BCUT2D eigenvalue weighted by molar-refractivity contribution is 5.83. The number of carbonyl (C=O) groups is 2. The van der Waals surface area contributed by atoms with E-state index in [1.807, 2.05) is 0 Å². The van der Waals surface area contributed by atoms with E-state index in [4.69, 9.17) is 9.84 Å². The predicted octanol–water partition coefficient (Wildman–Crippen LogP) is -0.508. The summed E-state index contributed by atoms with van der Waals surface area (Å²) >= 11 is 0. The number of hydrazine groups is 1. The van der Waals surface area contributed by atoms with E-state index in [2.05, 4.69) is 5.43 Å². The molecule has 2 rings (SSSR count). The quantitative estimate of drug-likeness (QED) is 0.682. The van der Waals surface area contributed by atoms with Crippen molar-refractivity contribution in [2.75, 3.05) is 32.8 Å². The molecular formula is C10H17N3O4. The maximum Gasteiger partial charge on any atom is 0.332 e. The molecule has 2 heterocycles. The third-order valence-electron chi connectivity index (χ3n) is 3.06. The number of carboxylic acids is 1. The summed E-state index contributed by atoms with van der Waals surface area (Å²) in [6, 6.07) is -1.01.